The van der Waals surface area contributed by atoms with Crippen molar-refractivity contribution in [2.45, 2.75) is 25.6 Å². The quantitative estimate of drug-likeness (QED) is 0.496. The molecule has 1 fully saturated rings. The molecule has 2 heterocycles. The molecule has 170 valence electrons. The SMILES string of the molecule is C[C@]1(c2ccc(Cl)cc2Cl)NC(=O)N(CC(=O)N(Cc2ccccc2)Cc2ccco2)C1=O. The van der Waals surface area contributed by atoms with E-state index in [9.17, 15) is 14.4 Å². The fourth-order valence-corrected chi connectivity index (χ4v) is 4.38. The maximum absolute atomic E-state index is 13.3. The molecule has 4 amide bonds. The minimum atomic E-state index is -1.41. The second-order valence-corrected chi connectivity index (χ2v) is 8.73. The summed E-state index contributed by atoms with van der Waals surface area (Å²) in [4.78, 5) is 41.7. The Bertz CT molecular complexity index is 1180. The normalized spacial score (nSPS) is 17.8. The highest BCUT2D eigenvalue weighted by Crippen LogP contribution is 2.35. The Morgan fingerprint density at radius 2 is 1.82 bits per heavy atom. The third-order valence-corrected chi connectivity index (χ3v) is 6.08. The molecule has 7 nitrogen and oxygen atoms in total. The minimum absolute atomic E-state index is 0.199. The van der Waals surface area contributed by atoms with Gasteiger partial charge in [-0.25, -0.2) is 4.79 Å². The van der Waals surface area contributed by atoms with Crippen molar-refractivity contribution < 1.29 is 18.8 Å². The van der Waals surface area contributed by atoms with E-state index < -0.39 is 29.9 Å². The lowest BCUT2D eigenvalue weighted by Gasteiger charge is -2.25. The molecule has 0 bridgehead atoms. The van der Waals surface area contributed by atoms with Gasteiger partial charge >= 0.3 is 6.03 Å². The van der Waals surface area contributed by atoms with E-state index in [-0.39, 0.29) is 11.6 Å². The molecule has 2 aromatic carbocycles. The lowest BCUT2D eigenvalue weighted by atomic mass is 9.92. The summed E-state index contributed by atoms with van der Waals surface area (Å²) < 4.78 is 5.40. The van der Waals surface area contributed by atoms with Crippen LogP contribution >= 0.6 is 23.2 Å². The highest BCUT2D eigenvalue weighted by Gasteiger charge is 2.50. The van der Waals surface area contributed by atoms with Crippen LogP contribution in [0.25, 0.3) is 0 Å². The summed E-state index contributed by atoms with van der Waals surface area (Å²) in [6, 6.07) is 17.0. The van der Waals surface area contributed by atoms with E-state index in [0.29, 0.717) is 22.9 Å². The van der Waals surface area contributed by atoms with E-state index in [1.54, 1.807) is 36.1 Å². The van der Waals surface area contributed by atoms with Crippen LogP contribution < -0.4 is 5.32 Å². The van der Waals surface area contributed by atoms with Gasteiger partial charge in [-0.1, -0.05) is 59.6 Å². The van der Waals surface area contributed by atoms with E-state index >= 15 is 0 Å². The fourth-order valence-electron chi connectivity index (χ4n) is 3.78. The van der Waals surface area contributed by atoms with Crippen molar-refractivity contribution in [3.8, 4) is 0 Å². The average Bonchev–Trinajstić information content (AvgIpc) is 3.36. The lowest BCUT2D eigenvalue weighted by molar-refractivity contribution is -0.139. The van der Waals surface area contributed by atoms with Crippen LogP contribution in [0.4, 0.5) is 4.79 Å². The molecular weight excluding hydrogens is 465 g/mol. The van der Waals surface area contributed by atoms with Crippen LogP contribution in [-0.2, 0) is 28.2 Å². The molecule has 0 unspecified atom stereocenters. The number of hydrogen-bond acceptors (Lipinski definition) is 4. The Hall–Kier alpha value is -3.29. The van der Waals surface area contributed by atoms with E-state index in [1.165, 1.54) is 12.3 Å². The molecule has 33 heavy (non-hydrogen) atoms. The molecule has 4 rings (SSSR count). The molecule has 1 aliphatic rings. The number of nitrogens with one attached hydrogen (secondary N) is 1. The molecule has 0 spiro atoms. The van der Waals surface area contributed by atoms with E-state index in [2.05, 4.69) is 5.32 Å². The zero-order valence-electron chi connectivity index (χ0n) is 17.8. The van der Waals surface area contributed by atoms with Gasteiger partial charge in [0.25, 0.3) is 5.91 Å². The highest BCUT2D eigenvalue weighted by molar-refractivity contribution is 6.35. The second-order valence-electron chi connectivity index (χ2n) is 7.89. The highest BCUT2D eigenvalue weighted by atomic mass is 35.5. The maximum Gasteiger partial charge on any atom is 0.325 e. The minimum Gasteiger partial charge on any atom is -0.467 e. The van der Waals surface area contributed by atoms with Crippen LogP contribution in [0.2, 0.25) is 10.0 Å². The summed E-state index contributed by atoms with van der Waals surface area (Å²) in [7, 11) is 0. The van der Waals surface area contributed by atoms with Crippen LogP contribution in [0.1, 0.15) is 23.8 Å². The molecule has 9 heteroatoms. The van der Waals surface area contributed by atoms with Crippen molar-refractivity contribution in [1.29, 1.82) is 0 Å². The fraction of sp³-hybridized carbons (Fsp3) is 0.208. The van der Waals surface area contributed by atoms with Gasteiger partial charge in [-0.2, -0.15) is 0 Å². The number of rotatable bonds is 7. The number of amides is 4. The zero-order chi connectivity index (χ0) is 23.6. The number of hydrogen-bond donors (Lipinski definition) is 1. The summed E-state index contributed by atoms with van der Waals surface area (Å²) in [5.41, 5.74) is -0.101. The first kappa shape index (κ1) is 22.9. The Kier molecular flexibility index (Phi) is 6.44. The molecule has 1 N–H and O–H groups in total. The number of urea groups is 1. The van der Waals surface area contributed by atoms with Gasteiger partial charge in [-0.3, -0.25) is 14.5 Å². The summed E-state index contributed by atoms with van der Waals surface area (Å²) in [5.74, 6) is -0.373. The van der Waals surface area contributed by atoms with Crippen LogP contribution in [-0.4, -0.2) is 34.2 Å². The topological polar surface area (TPSA) is 82.9 Å². The molecule has 0 aliphatic carbocycles. The van der Waals surface area contributed by atoms with Crippen LogP contribution in [0.5, 0.6) is 0 Å². The van der Waals surface area contributed by atoms with Gasteiger partial charge < -0.3 is 14.6 Å². The van der Waals surface area contributed by atoms with Gasteiger partial charge in [-0.05, 0) is 36.8 Å². The first-order valence-corrected chi connectivity index (χ1v) is 11.0. The number of furan rings is 1. The van der Waals surface area contributed by atoms with Crippen molar-refractivity contribution in [2.24, 2.45) is 0 Å². The van der Waals surface area contributed by atoms with Crippen LogP contribution in [0.15, 0.2) is 71.3 Å². The Morgan fingerprint density at radius 1 is 1.06 bits per heavy atom. The first-order valence-electron chi connectivity index (χ1n) is 10.2. The van der Waals surface area contributed by atoms with Gasteiger partial charge in [0.05, 0.1) is 12.8 Å². The third-order valence-electron chi connectivity index (χ3n) is 5.53. The third kappa shape index (κ3) is 4.74. The van der Waals surface area contributed by atoms with Gasteiger partial charge in [-0.15, -0.1) is 0 Å². The molecule has 3 aromatic rings. The molecule has 1 aliphatic heterocycles. The van der Waals surface area contributed by atoms with Crippen molar-refractivity contribution in [1.82, 2.24) is 15.1 Å². The van der Waals surface area contributed by atoms with Gasteiger partial charge in [0.2, 0.25) is 5.91 Å². The van der Waals surface area contributed by atoms with Crippen molar-refractivity contribution in [2.75, 3.05) is 6.54 Å². The lowest BCUT2D eigenvalue weighted by Crippen LogP contribution is -2.44. The molecule has 1 atom stereocenters. The van der Waals surface area contributed by atoms with Crippen molar-refractivity contribution in [3.05, 3.63) is 93.9 Å². The number of halogens is 2. The van der Waals surface area contributed by atoms with Crippen LogP contribution in [0.3, 0.4) is 0 Å². The standard InChI is InChI=1S/C24H21Cl2N3O4/c1-24(19-10-9-17(25)12-20(19)26)22(31)29(23(32)27-24)15-21(30)28(14-18-8-5-11-33-18)13-16-6-3-2-4-7-16/h2-12H,13-15H2,1H3,(H,27,32)/t24-/m1/s1. The molecule has 0 saturated carbocycles. The zero-order valence-corrected chi connectivity index (χ0v) is 19.3. The molecule has 1 saturated heterocycles. The summed E-state index contributed by atoms with van der Waals surface area (Å²) in [6.07, 6.45) is 1.53. The maximum atomic E-state index is 13.3. The molecule has 0 radical (unpaired) electrons. The number of carbonyl (C=O) groups is 3. The first-order chi connectivity index (χ1) is 15.8. The number of nitrogens with zero attached hydrogens (tertiary/aromatic N) is 2. The van der Waals surface area contributed by atoms with E-state index in [0.717, 1.165) is 10.5 Å². The number of imide groups is 1. The van der Waals surface area contributed by atoms with E-state index in [4.69, 9.17) is 27.6 Å². The Labute approximate surface area is 200 Å². The second kappa shape index (κ2) is 9.29. The van der Waals surface area contributed by atoms with Crippen molar-refractivity contribution in [3.63, 3.8) is 0 Å². The summed E-state index contributed by atoms with van der Waals surface area (Å²) >= 11 is 12.3. The van der Waals surface area contributed by atoms with Gasteiger partial charge in [0.1, 0.15) is 17.8 Å². The summed E-state index contributed by atoms with van der Waals surface area (Å²) in [5, 5.41) is 3.32. The van der Waals surface area contributed by atoms with Crippen LogP contribution in [0, 0.1) is 0 Å². The number of carbonyl (C=O) groups excluding carboxylic acids is 3. The number of benzene rings is 2. The predicted molar refractivity (Wildman–Crippen MR) is 123 cm³/mol. The molecular formula is C24H21Cl2N3O4. The predicted octanol–water partition coefficient (Wildman–Crippen LogP) is 4.58. The smallest absolute Gasteiger partial charge is 0.325 e. The Morgan fingerprint density at radius 3 is 2.48 bits per heavy atom. The average molecular weight is 486 g/mol. The summed E-state index contributed by atoms with van der Waals surface area (Å²) in [6.45, 7) is 1.63. The monoisotopic (exact) mass is 485 g/mol. The largest absolute Gasteiger partial charge is 0.467 e. The van der Waals surface area contributed by atoms with Gasteiger partial charge in [0.15, 0.2) is 0 Å². The van der Waals surface area contributed by atoms with E-state index in [1.807, 2.05) is 30.3 Å². The Balaban J connectivity index is 1.55. The van der Waals surface area contributed by atoms with Crippen molar-refractivity contribution >= 4 is 41.0 Å². The molecule has 1 aromatic heterocycles. The van der Waals surface area contributed by atoms with Gasteiger partial charge in [0, 0.05) is 22.2 Å².